The molecule has 0 saturated carbocycles. The van der Waals surface area contributed by atoms with Crippen molar-refractivity contribution in [1.82, 2.24) is 5.32 Å². The van der Waals surface area contributed by atoms with E-state index in [0.717, 1.165) is 6.42 Å². The highest BCUT2D eigenvalue weighted by molar-refractivity contribution is 5.85. The van der Waals surface area contributed by atoms with Crippen molar-refractivity contribution in [3.63, 3.8) is 0 Å². The molecule has 0 radical (unpaired) electrons. The zero-order valence-corrected chi connectivity index (χ0v) is 11.6. The second kappa shape index (κ2) is 6.92. The fourth-order valence-electron chi connectivity index (χ4n) is 1.82. The number of aliphatic carboxylic acids is 1. The summed E-state index contributed by atoms with van der Waals surface area (Å²) in [6.07, 6.45) is 0.887. The Balaban J connectivity index is 2.81. The molecule has 4 nitrogen and oxygen atoms in total. The lowest BCUT2D eigenvalue weighted by atomic mass is 9.92. The molecule has 1 rings (SSSR count). The molecule has 3 atom stereocenters. The van der Waals surface area contributed by atoms with Gasteiger partial charge in [-0.3, -0.25) is 4.79 Å². The van der Waals surface area contributed by atoms with Crippen molar-refractivity contribution in [1.29, 1.82) is 0 Å². The van der Waals surface area contributed by atoms with Gasteiger partial charge in [0, 0.05) is 5.92 Å². The van der Waals surface area contributed by atoms with Crippen LogP contribution in [0.25, 0.3) is 0 Å². The van der Waals surface area contributed by atoms with Crippen molar-refractivity contribution in [3.8, 4) is 0 Å². The molecule has 0 aliphatic heterocycles. The number of hydrogen-bond acceptors (Lipinski definition) is 2. The van der Waals surface area contributed by atoms with Crippen LogP contribution >= 0.6 is 0 Å². The van der Waals surface area contributed by atoms with Crippen molar-refractivity contribution in [3.05, 3.63) is 35.9 Å². The molecule has 2 unspecified atom stereocenters. The molecule has 0 aromatic heterocycles. The Labute approximate surface area is 113 Å². The minimum Gasteiger partial charge on any atom is -0.479 e. The number of hydrogen-bond donors (Lipinski definition) is 2. The van der Waals surface area contributed by atoms with E-state index < -0.39 is 12.0 Å². The average molecular weight is 263 g/mol. The van der Waals surface area contributed by atoms with Gasteiger partial charge in [0.25, 0.3) is 0 Å². The Kier molecular flexibility index (Phi) is 5.55. The molecule has 0 saturated heterocycles. The largest absolute Gasteiger partial charge is 0.479 e. The predicted molar refractivity (Wildman–Crippen MR) is 73.6 cm³/mol. The number of rotatable bonds is 6. The van der Waals surface area contributed by atoms with Crippen molar-refractivity contribution in [2.45, 2.75) is 33.2 Å². The third-order valence-electron chi connectivity index (χ3n) is 3.58. The number of nitrogens with one attached hydrogen (secondary N) is 1. The maximum atomic E-state index is 12.1. The van der Waals surface area contributed by atoms with Gasteiger partial charge in [0.15, 0.2) is 6.04 Å². The highest BCUT2D eigenvalue weighted by atomic mass is 16.4. The zero-order chi connectivity index (χ0) is 14.4. The van der Waals surface area contributed by atoms with Crippen molar-refractivity contribution in [2.24, 2.45) is 11.8 Å². The summed E-state index contributed by atoms with van der Waals surface area (Å²) in [4.78, 5) is 23.3. The molecular formula is C15H21NO3. The summed E-state index contributed by atoms with van der Waals surface area (Å²) >= 11 is 0. The topological polar surface area (TPSA) is 66.4 Å². The van der Waals surface area contributed by atoms with E-state index in [1.807, 2.05) is 26.8 Å². The van der Waals surface area contributed by atoms with Crippen LogP contribution in [0.1, 0.15) is 38.8 Å². The van der Waals surface area contributed by atoms with E-state index in [1.54, 1.807) is 24.3 Å². The predicted octanol–water partition coefficient (Wildman–Crippen LogP) is 2.61. The van der Waals surface area contributed by atoms with Gasteiger partial charge in [0.1, 0.15) is 0 Å². The Bertz CT molecular complexity index is 430. The Morgan fingerprint density at radius 1 is 1.21 bits per heavy atom. The molecule has 19 heavy (non-hydrogen) atoms. The van der Waals surface area contributed by atoms with Gasteiger partial charge in [-0.25, -0.2) is 4.79 Å². The van der Waals surface area contributed by atoms with Crippen LogP contribution in [0.2, 0.25) is 0 Å². The monoisotopic (exact) mass is 263 g/mol. The molecule has 1 aromatic carbocycles. The van der Waals surface area contributed by atoms with Gasteiger partial charge in [-0.1, -0.05) is 57.5 Å². The summed E-state index contributed by atoms with van der Waals surface area (Å²) in [5.74, 6) is -1.23. The summed E-state index contributed by atoms with van der Waals surface area (Å²) in [6, 6.07) is 7.75. The van der Waals surface area contributed by atoms with E-state index >= 15 is 0 Å². The van der Waals surface area contributed by atoms with E-state index in [2.05, 4.69) is 5.32 Å². The van der Waals surface area contributed by atoms with E-state index in [9.17, 15) is 14.7 Å². The van der Waals surface area contributed by atoms with Gasteiger partial charge in [-0.05, 0) is 11.5 Å². The molecular weight excluding hydrogens is 242 g/mol. The van der Waals surface area contributed by atoms with Crippen LogP contribution in [0.3, 0.4) is 0 Å². The molecule has 0 aliphatic carbocycles. The maximum absolute atomic E-state index is 12.1. The van der Waals surface area contributed by atoms with Gasteiger partial charge in [-0.2, -0.15) is 0 Å². The normalized spacial score (nSPS) is 15.3. The first-order valence-corrected chi connectivity index (χ1v) is 6.55. The van der Waals surface area contributed by atoms with Crippen molar-refractivity contribution in [2.75, 3.05) is 0 Å². The Morgan fingerprint density at radius 2 is 1.79 bits per heavy atom. The third-order valence-corrected chi connectivity index (χ3v) is 3.58. The van der Waals surface area contributed by atoms with Crippen LogP contribution < -0.4 is 5.32 Å². The highest BCUT2D eigenvalue weighted by Crippen LogP contribution is 2.18. The number of carboxylic acid groups (broad SMARTS) is 1. The van der Waals surface area contributed by atoms with Crippen LogP contribution in [0.5, 0.6) is 0 Å². The summed E-state index contributed by atoms with van der Waals surface area (Å²) in [6.45, 7) is 5.83. The number of carbonyl (C=O) groups excluding carboxylic acids is 1. The Morgan fingerprint density at radius 3 is 2.26 bits per heavy atom. The minimum absolute atomic E-state index is 0.199. The van der Waals surface area contributed by atoms with Gasteiger partial charge in [-0.15, -0.1) is 0 Å². The Hall–Kier alpha value is -1.84. The van der Waals surface area contributed by atoms with Crippen LogP contribution in [0, 0.1) is 11.8 Å². The van der Waals surface area contributed by atoms with Gasteiger partial charge < -0.3 is 10.4 Å². The van der Waals surface area contributed by atoms with Crippen molar-refractivity contribution < 1.29 is 14.7 Å². The zero-order valence-electron chi connectivity index (χ0n) is 11.6. The first kappa shape index (κ1) is 15.2. The van der Waals surface area contributed by atoms with E-state index in [1.165, 1.54) is 0 Å². The average Bonchev–Trinajstić information content (AvgIpc) is 2.43. The van der Waals surface area contributed by atoms with Crippen LogP contribution in [-0.4, -0.2) is 17.0 Å². The van der Waals surface area contributed by atoms with E-state index in [-0.39, 0.29) is 17.7 Å². The molecule has 4 heteroatoms. The number of amides is 1. The molecule has 0 aliphatic rings. The lowest BCUT2D eigenvalue weighted by Gasteiger charge is -2.21. The number of carbonyl (C=O) groups is 2. The van der Waals surface area contributed by atoms with Crippen LogP contribution in [-0.2, 0) is 9.59 Å². The maximum Gasteiger partial charge on any atom is 0.330 e. The molecule has 0 heterocycles. The van der Waals surface area contributed by atoms with Crippen LogP contribution in [0.4, 0.5) is 0 Å². The molecule has 1 amide bonds. The van der Waals surface area contributed by atoms with Gasteiger partial charge in [0.05, 0.1) is 0 Å². The summed E-state index contributed by atoms with van der Waals surface area (Å²) in [7, 11) is 0. The second-order valence-corrected chi connectivity index (χ2v) is 4.86. The smallest absolute Gasteiger partial charge is 0.330 e. The number of carboxylic acids is 1. The fourth-order valence-corrected chi connectivity index (χ4v) is 1.82. The quantitative estimate of drug-likeness (QED) is 0.829. The third kappa shape index (κ3) is 4.09. The lowest BCUT2D eigenvalue weighted by molar-refractivity contribution is -0.142. The second-order valence-electron chi connectivity index (χ2n) is 4.86. The standard InChI is InChI=1S/C15H21NO3/c1-4-10(2)11(3)14(17)16-13(15(18)19)12-8-6-5-7-9-12/h5-11,13H,4H2,1-3H3,(H,16,17)(H,18,19)/t10?,11?,13-/m0/s1. The highest BCUT2D eigenvalue weighted by Gasteiger charge is 2.26. The molecule has 0 spiro atoms. The van der Waals surface area contributed by atoms with Gasteiger partial charge >= 0.3 is 5.97 Å². The summed E-state index contributed by atoms with van der Waals surface area (Å²) < 4.78 is 0. The molecule has 0 fully saturated rings. The summed E-state index contributed by atoms with van der Waals surface area (Å²) in [5, 5.41) is 11.8. The molecule has 2 N–H and O–H groups in total. The van der Waals surface area contributed by atoms with E-state index in [4.69, 9.17) is 0 Å². The van der Waals surface area contributed by atoms with Crippen molar-refractivity contribution >= 4 is 11.9 Å². The lowest BCUT2D eigenvalue weighted by Crippen LogP contribution is -2.38. The fraction of sp³-hybridized carbons (Fsp3) is 0.467. The van der Waals surface area contributed by atoms with Crippen LogP contribution in [0.15, 0.2) is 30.3 Å². The molecule has 0 bridgehead atoms. The molecule has 104 valence electrons. The molecule has 1 aromatic rings. The number of benzene rings is 1. The first-order chi connectivity index (χ1) is 8.97. The van der Waals surface area contributed by atoms with E-state index in [0.29, 0.717) is 5.56 Å². The SMILES string of the molecule is CCC(C)C(C)C(=O)N[C@H](C(=O)O)c1ccccc1. The van der Waals surface area contributed by atoms with Gasteiger partial charge in [0.2, 0.25) is 5.91 Å². The first-order valence-electron chi connectivity index (χ1n) is 6.55. The minimum atomic E-state index is -1.05. The summed E-state index contributed by atoms with van der Waals surface area (Å²) in [5.41, 5.74) is 0.583.